The molecule has 23 heavy (non-hydrogen) atoms. The minimum absolute atomic E-state index is 0.0239. The van der Waals surface area contributed by atoms with Crippen LogP contribution in [-0.4, -0.2) is 17.9 Å². The quantitative estimate of drug-likeness (QED) is 0.464. The van der Waals surface area contributed by atoms with Gasteiger partial charge in [0.2, 0.25) is 0 Å². The van der Waals surface area contributed by atoms with Crippen LogP contribution in [0.4, 0.5) is 5.69 Å². The summed E-state index contributed by atoms with van der Waals surface area (Å²) < 4.78 is 6.23. The lowest BCUT2D eigenvalue weighted by molar-refractivity contribution is 0.367. The van der Waals surface area contributed by atoms with Gasteiger partial charge in [0.05, 0.1) is 6.21 Å². The molecule has 0 atom stereocenters. The van der Waals surface area contributed by atoms with E-state index in [1.807, 2.05) is 48.5 Å². The van der Waals surface area contributed by atoms with Crippen molar-refractivity contribution in [1.82, 2.24) is 5.43 Å². The van der Waals surface area contributed by atoms with Gasteiger partial charge >= 0.3 is 0 Å². The number of hydrogen-bond acceptors (Lipinski definition) is 4. The molecule has 0 aliphatic rings. The number of nitrogens with one attached hydrogen (secondary N) is 2. The van der Waals surface area contributed by atoms with Gasteiger partial charge in [-0.2, -0.15) is 10.4 Å². The largest absolute Gasteiger partial charge is 0.478 e. The Hall–Kier alpha value is -2.43. The molecule has 7 heteroatoms. The predicted molar refractivity (Wildman–Crippen MR) is 98.6 cm³/mol. The molecule has 0 aliphatic carbocycles. The molecule has 2 aromatic rings. The van der Waals surface area contributed by atoms with Crippen molar-refractivity contribution in [3.05, 3.63) is 58.6 Å². The van der Waals surface area contributed by atoms with E-state index >= 15 is 0 Å². The van der Waals surface area contributed by atoms with Crippen molar-refractivity contribution < 1.29 is 4.74 Å². The van der Waals surface area contributed by atoms with Crippen molar-refractivity contribution in [2.45, 2.75) is 0 Å². The van der Waals surface area contributed by atoms with E-state index in [-0.39, 0.29) is 6.61 Å². The zero-order chi connectivity index (χ0) is 16.5. The van der Waals surface area contributed by atoms with Gasteiger partial charge in [-0.1, -0.05) is 34.1 Å². The average molecular weight is 389 g/mol. The molecule has 0 heterocycles. The lowest BCUT2D eigenvalue weighted by atomic mass is 10.2. The van der Waals surface area contributed by atoms with E-state index in [4.69, 9.17) is 22.2 Å². The number of hydrogen-bond donors (Lipinski definition) is 2. The zero-order valence-corrected chi connectivity index (χ0v) is 14.4. The number of anilines is 1. The third-order valence-corrected chi connectivity index (χ3v) is 3.35. The van der Waals surface area contributed by atoms with Crippen molar-refractivity contribution >= 4 is 45.2 Å². The second-order valence-corrected chi connectivity index (χ2v) is 5.64. The molecule has 0 saturated heterocycles. The molecule has 0 amide bonds. The summed E-state index contributed by atoms with van der Waals surface area (Å²) in [6.45, 7) is -0.0239. The first-order valence-corrected chi connectivity index (χ1v) is 7.83. The third kappa shape index (κ3) is 5.70. The number of ether oxygens (including phenoxy) is 1. The highest BCUT2D eigenvalue weighted by Crippen LogP contribution is 2.21. The minimum Gasteiger partial charge on any atom is -0.478 e. The summed E-state index contributed by atoms with van der Waals surface area (Å²) in [5.41, 5.74) is 4.34. The maximum absolute atomic E-state index is 8.61. The highest BCUT2D eigenvalue weighted by molar-refractivity contribution is 9.10. The van der Waals surface area contributed by atoms with Gasteiger partial charge in [-0.05, 0) is 42.5 Å². The topological polar surface area (TPSA) is 69.4 Å². The maximum Gasteiger partial charge on any atom is 0.191 e. The molecule has 0 spiro atoms. The van der Waals surface area contributed by atoms with Crippen LogP contribution in [0.1, 0.15) is 5.56 Å². The van der Waals surface area contributed by atoms with Crippen LogP contribution < -0.4 is 15.5 Å². The summed E-state index contributed by atoms with van der Waals surface area (Å²) in [4.78, 5) is 0. The van der Waals surface area contributed by atoms with Crippen LogP contribution in [0, 0.1) is 11.3 Å². The van der Waals surface area contributed by atoms with Crippen molar-refractivity contribution in [1.29, 1.82) is 5.26 Å². The predicted octanol–water partition coefficient (Wildman–Crippen LogP) is 3.67. The van der Waals surface area contributed by atoms with E-state index in [0.29, 0.717) is 10.9 Å². The molecular weight excluding hydrogens is 376 g/mol. The molecule has 0 aliphatic heterocycles. The summed E-state index contributed by atoms with van der Waals surface area (Å²) in [5.74, 6) is 0.572. The van der Waals surface area contributed by atoms with Crippen LogP contribution in [0.25, 0.3) is 0 Å². The van der Waals surface area contributed by atoms with E-state index in [9.17, 15) is 0 Å². The first kappa shape index (κ1) is 16.9. The molecule has 2 N–H and O–H groups in total. The molecule has 2 aromatic carbocycles. The van der Waals surface area contributed by atoms with Gasteiger partial charge in [0.25, 0.3) is 0 Å². The second-order valence-electron chi connectivity index (χ2n) is 4.32. The van der Waals surface area contributed by atoms with E-state index < -0.39 is 0 Å². The second kappa shape index (κ2) is 8.88. The van der Waals surface area contributed by atoms with Crippen molar-refractivity contribution in [3.8, 4) is 11.8 Å². The first-order chi connectivity index (χ1) is 11.2. The monoisotopic (exact) mass is 388 g/mol. The minimum atomic E-state index is -0.0239. The molecule has 5 nitrogen and oxygen atoms in total. The maximum atomic E-state index is 8.61. The van der Waals surface area contributed by atoms with Crippen molar-refractivity contribution in [3.63, 3.8) is 0 Å². The summed E-state index contributed by atoms with van der Waals surface area (Å²) in [5, 5.41) is 16.1. The molecule has 0 saturated carbocycles. The lowest BCUT2D eigenvalue weighted by Gasteiger charge is -2.08. The van der Waals surface area contributed by atoms with Crippen LogP contribution in [0.2, 0.25) is 0 Å². The van der Waals surface area contributed by atoms with Crippen molar-refractivity contribution in [2.24, 2.45) is 5.10 Å². The fraction of sp³-hybridized carbons (Fsp3) is 0.0625. The molecule has 116 valence electrons. The Kier molecular flexibility index (Phi) is 6.54. The smallest absolute Gasteiger partial charge is 0.191 e. The zero-order valence-electron chi connectivity index (χ0n) is 12.0. The molecule has 0 aromatic heterocycles. The molecular formula is C16H13BrN4OS. The number of nitrogens with zero attached hydrogens (tertiary/aromatic N) is 2. The highest BCUT2D eigenvalue weighted by Gasteiger charge is 2.02. The van der Waals surface area contributed by atoms with Crippen molar-refractivity contribution in [2.75, 3.05) is 11.9 Å². The van der Waals surface area contributed by atoms with Gasteiger partial charge in [0.15, 0.2) is 11.7 Å². The van der Waals surface area contributed by atoms with Crippen LogP contribution in [-0.2, 0) is 0 Å². The number of para-hydroxylation sites is 1. The Morgan fingerprint density at radius 3 is 2.83 bits per heavy atom. The Bertz CT molecular complexity index is 743. The van der Waals surface area contributed by atoms with E-state index in [1.165, 1.54) is 0 Å². The van der Waals surface area contributed by atoms with Gasteiger partial charge < -0.3 is 10.1 Å². The fourth-order valence-corrected chi connectivity index (χ4v) is 2.25. The third-order valence-electron chi connectivity index (χ3n) is 2.67. The Morgan fingerprint density at radius 1 is 1.30 bits per heavy atom. The van der Waals surface area contributed by atoms with Gasteiger partial charge in [-0.15, -0.1) is 0 Å². The fourth-order valence-electron chi connectivity index (χ4n) is 1.70. The van der Waals surface area contributed by atoms with E-state index in [0.717, 1.165) is 15.7 Å². The molecule has 0 bridgehead atoms. The SMILES string of the molecule is N#CCOc1ccc(Br)cc1/C=N\NC(=S)Nc1ccccc1. The van der Waals surface area contributed by atoms with Gasteiger partial charge in [-0.3, -0.25) is 5.43 Å². The standard InChI is InChI=1S/C16H13BrN4OS/c17-13-6-7-15(22-9-8-18)12(10-13)11-19-21-16(23)20-14-4-2-1-3-5-14/h1-7,10-11H,9H2,(H2,20,21,23)/b19-11-. The number of halogens is 1. The molecule has 0 unspecified atom stereocenters. The Morgan fingerprint density at radius 2 is 2.09 bits per heavy atom. The number of hydrazone groups is 1. The molecule has 0 fully saturated rings. The Balaban J connectivity index is 1.98. The van der Waals surface area contributed by atoms with Crippen LogP contribution >= 0.6 is 28.1 Å². The highest BCUT2D eigenvalue weighted by atomic mass is 79.9. The number of rotatable bonds is 5. The molecule has 0 radical (unpaired) electrons. The summed E-state index contributed by atoms with van der Waals surface area (Å²) >= 11 is 8.55. The average Bonchev–Trinajstić information content (AvgIpc) is 2.55. The normalized spacial score (nSPS) is 10.1. The van der Waals surface area contributed by atoms with Gasteiger partial charge in [-0.25, -0.2) is 0 Å². The van der Waals surface area contributed by atoms with E-state index in [1.54, 1.807) is 12.3 Å². The summed E-state index contributed by atoms with van der Waals surface area (Å²) in [7, 11) is 0. The van der Waals surface area contributed by atoms with Gasteiger partial charge in [0, 0.05) is 15.7 Å². The first-order valence-electron chi connectivity index (χ1n) is 6.63. The van der Waals surface area contributed by atoms with Crippen LogP contribution in [0.5, 0.6) is 5.75 Å². The summed E-state index contributed by atoms with van der Waals surface area (Å²) in [6, 6.07) is 16.9. The number of nitriles is 1. The van der Waals surface area contributed by atoms with Crippen LogP contribution in [0.3, 0.4) is 0 Å². The van der Waals surface area contributed by atoms with Gasteiger partial charge in [0.1, 0.15) is 11.8 Å². The van der Waals surface area contributed by atoms with E-state index in [2.05, 4.69) is 31.8 Å². The number of thiocarbonyl (C=S) groups is 1. The number of benzene rings is 2. The summed E-state index contributed by atoms with van der Waals surface area (Å²) in [6.07, 6.45) is 1.58. The Labute approximate surface area is 148 Å². The lowest BCUT2D eigenvalue weighted by Crippen LogP contribution is -2.23. The molecule has 2 rings (SSSR count). The van der Waals surface area contributed by atoms with Crippen LogP contribution in [0.15, 0.2) is 58.1 Å².